The molecular weight excluding hydrogens is 658 g/mol. The second-order valence-electron chi connectivity index (χ2n) is 9.98. The molecule has 2 saturated heterocycles. The van der Waals surface area contributed by atoms with Crippen LogP contribution in [0.1, 0.15) is 17.9 Å². The van der Waals surface area contributed by atoms with E-state index in [1.54, 1.807) is 18.2 Å². The summed E-state index contributed by atoms with van der Waals surface area (Å²) in [5, 5.41) is 18.2. The van der Waals surface area contributed by atoms with Gasteiger partial charge in [0.15, 0.2) is 29.8 Å². The van der Waals surface area contributed by atoms with Gasteiger partial charge in [-0.3, -0.25) is 0 Å². The molecule has 15 heteroatoms. The van der Waals surface area contributed by atoms with Crippen molar-refractivity contribution in [2.45, 2.75) is 41.0 Å². The number of carbonyl (C=O) groups is 1. The van der Waals surface area contributed by atoms with Crippen molar-refractivity contribution in [3.05, 3.63) is 112 Å². The van der Waals surface area contributed by atoms with Crippen LogP contribution in [0.2, 0.25) is 10.0 Å². The van der Waals surface area contributed by atoms with E-state index in [1.807, 2.05) is 30.3 Å². The highest BCUT2D eigenvalue weighted by atomic mass is 35.5. The molecule has 3 aromatic carbocycles. The smallest absolute Gasteiger partial charge is 0.331 e. The molecule has 6 rings (SSSR count). The molecular formula is C30H22Cl2F3N3O6S. The topological polar surface area (TPSA) is 105 Å². The number of thioether (sulfide) groups is 1. The second-order valence-corrected chi connectivity index (χ2v) is 12.0. The number of aromatic nitrogens is 3. The lowest BCUT2D eigenvalue weighted by atomic mass is 9.95. The highest BCUT2D eigenvalue weighted by molar-refractivity contribution is 7.99. The number of fused-ring (bicyclic) bond motifs is 1. The van der Waals surface area contributed by atoms with Crippen LogP contribution in [0.5, 0.6) is 0 Å². The van der Waals surface area contributed by atoms with E-state index >= 15 is 0 Å². The van der Waals surface area contributed by atoms with Crippen LogP contribution in [0.4, 0.5) is 13.2 Å². The van der Waals surface area contributed by atoms with Crippen LogP contribution in [-0.4, -0.2) is 56.4 Å². The number of hydrogen-bond acceptors (Lipinski definition) is 8. The van der Waals surface area contributed by atoms with Crippen molar-refractivity contribution in [3.8, 4) is 11.3 Å². The molecule has 1 aromatic heterocycles. The first-order valence-electron chi connectivity index (χ1n) is 13.4. The van der Waals surface area contributed by atoms with Crippen molar-refractivity contribution in [2.75, 3.05) is 6.61 Å². The van der Waals surface area contributed by atoms with Crippen LogP contribution in [0, 0.1) is 17.5 Å². The maximum atomic E-state index is 14.1. The molecule has 4 aromatic rings. The standard InChI is InChI=1S/C30H22Cl2F3N3O6S/c31-18-7-6-17(12-19(18)32)45-30-28(41-9-8-24(39)40)26(27-23(43-30)14-42-29(44-27)15-4-2-1-3-5-15)38-13-22(36-37-38)16-10-20(33)25(35)21(34)11-16/h1-13,23,26-30H,14H2,(H,39,40)/b9-8+/t23-,26+,27+,28-,29?,30-/m1/s1. The van der Waals surface area contributed by atoms with E-state index in [9.17, 15) is 23.1 Å². The minimum atomic E-state index is -1.61. The lowest BCUT2D eigenvalue weighted by Gasteiger charge is -2.48. The number of carboxylic acid groups (broad SMARTS) is 1. The van der Waals surface area contributed by atoms with Gasteiger partial charge in [0.1, 0.15) is 29.4 Å². The third kappa shape index (κ3) is 6.83. The van der Waals surface area contributed by atoms with E-state index in [1.165, 1.54) is 22.6 Å². The molecule has 2 fully saturated rings. The summed E-state index contributed by atoms with van der Waals surface area (Å²) < 4.78 is 68.1. The molecule has 0 radical (unpaired) electrons. The molecule has 9 nitrogen and oxygen atoms in total. The summed E-state index contributed by atoms with van der Waals surface area (Å²) in [4.78, 5) is 12.0. The van der Waals surface area contributed by atoms with Crippen LogP contribution in [0.15, 0.2) is 84.1 Å². The minimum absolute atomic E-state index is 0.0380. The van der Waals surface area contributed by atoms with Crippen molar-refractivity contribution < 1.29 is 42.0 Å². The zero-order valence-electron chi connectivity index (χ0n) is 22.8. The Labute approximate surface area is 268 Å². The van der Waals surface area contributed by atoms with Gasteiger partial charge in [-0.25, -0.2) is 22.6 Å². The van der Waals surface area contributed by atoms with Crippen molar-refractivity contribution in [1.82, 2.24) is 15.0 Å². The Balaban J connectivity index is 1.41. The van der Waals surface area contributed by atoms with Crippen molar-refractivity contribution in [3.63, 3.8) is 0 Å². The first-order valence-corrected chi connectivity index (χ1v) is 15.0. The van der Waals surface area contributed by atoms with Crippen LogP contribution in [-0.2, 0) is 23.7 Å². The van der Waals surface area contributed by atoms with Crippen LogP contribution in [0.25, 0.3) is 11.3 Å². The number of rotatable bonds is 8. The van der Waals surface area contributed by atoms with Gasteiger partial charge >= 0.3 is 5.97 Å². The summed E-state index contributed by atoms with van der Waals surface area (Å²) in [5.41, 5.74) is -0.0973. The zero-order chi connectivity index (χ0) is 31.7. The van der Waals surface area contributed by atoms with Gasteiger partial charge in [0.2, 0.25) is 0 Å². The molecule has 3 heterocycles. The molecule has 0 bridgehead atoms. The van der Waals surface area contributed by atoms with Gasteiger partial charge in [-0.05, 0) is 30.3 Å². The molecule has 6 atom stereocenters. The highest BCUT2D eigenvalue weighted by Crippen LogP contribution is 2.45. The Kier molecular flexibility index (Phi) is 9.36. The van der Waals surface area contributed by atoms with Crippen LogP contribution >= 0.6 is 35.0 Å². The minimum Gasteiger partial charge on any atom is -0.492 e. The summed E-state index contributed by atoms with van der Waals surface area (Å²) >= 11 is 13.6. The van der Waals surface area contributed by atoms with E-state index in [0.29, 0.717) is 14.9 Å². The third-order valence-electron chi connectivity index (χ3n) is 7.07. The highest BCUT2D eigenvalue weighted by Gasteiger charge is 2.52. The molecule has 2 aliphatic rings. The largest absolute Gasteiger partial charge is 0.492 e. The first kappa shape index (κ1) is 31.4. The number of nitrogens with zero attached hydrogens (tertiary/aromatic N) is 3. The number of hydrogen-bond donors (Lipinski definition) is 1. The summed E-state index contributed by atoms with van der Waals surface area (Å²) in [6.07, 6.45) is -0.00111. The van der Waals surface area contributed by atoms with Gasteiger partial charge in [0, 0.05) is 16.0 Å². The predicted octanol–water partition coefficient (Wildman–Crippen LogP) is 6.83. The van der Waals surface area contributed by atoms with E-state index in [-0.39, 0.29) is 17.9 Å². The van der Waals surface area contributed by atoms with Gasteiger partial charge in [0.25, 0.3) is 0 Å². The fourth-order valence-corrected chi connectivity index (χ4v) is 6.54. The van der Waals surface area contributed by atoms with Gasteiger partial charge in [0.05, 0.1) is 35.2 Å². The van der Waals surface area contributed by atoms with E-state index < -0.39 is 59.5 Å². The molecule has 2 aliphatic heterocycles. The molecule has 0 aliphatic carbocycles. The molecule has 234 valence electrons. The van der Waals surface area contributed by atoms with Crippen LogP contribution in [0.3, 0.4) is 0 Å². The van der Waals surface area contributed by atoms with Crippen LogP contribution < -0.4 is 0 Å². The second kappa shape index (κ2) is 13.4. The molecule has 1 N–H and O–H groups in total. The molecule has 1 unspecified atom stereocenters. The quantitative estimate of drug-likeness (QED) is 0.122. The number of ether oxygens (including phenoxy) is 4. The Morgan fingerprint density at radius 2 is 1.80 bits per heavy atom. The van der Waals surface area contributed by atoms with E-state index in [0.717, 1.165) is 30.0 Å². The van der Waals surface area contributed by atoms with Gasteiger partial charge in [-0.2, -0.15) is 0 Å². The third-order valence-corrected chi connectivity index (χ3v) is 8.94. The maximum Gasteiger partial charge on any atom is 0.331 e. The number of aliphatic carboxylic acids is 1. The van der Waals surface area contributed by atoms with Crippen molar-refractivity contribution in [2.24, 2.45) is 0 Å². The molecule has 0 amide bonds. The Morgan fingerprint density at radius 3 is 2.51 bits per heavy atom. The lowest BCUT2D eigenvalue weighted by molar-refractivity contribution is -0.307. The Hall–Kier alpha value is -3.59. The average molecular weight is 680 g/mol. The first-order chi connectivity index (χ1) is 21.7. The van der Waals surface area contributed by atoms with Gasteiger partial charge in [-0.1, -0.05) is 70.5 Å². The summed E-state index contributed by atoms with van der Waals surface area (Å²) in [7, 11) is 0. The SMILES string of the molecule is O=C(O)/C=C/O[C@@H]1[C@@H](n2cc(-c3cc(F)c(F)c(F)c3)nn2)[C@H]2OC(c3ccccc3)OC[C@H]2O[C@@H]1Sc1ccc(Cl)c(Cl)c1. The fraction of sp³-hybridized carbons (Fsp3) is 0.233. The summed E-state index contributed by atoms with van der Waals surface area (Å²) in [5.74, 6) is -5.63. The summed E-state index contributed by atoms with van der Waals surface area (Å²) in [6.45, 7) is 0.104. The van der Waals surface area contributed by atoms with E-state index in [4.69, 9.17) is 42.1 Å². The molecule has 0 saturated carbocycles. The number of halogens is 5. The zero-order valence-corrected chi connectivity index (χ0v) is 25.1. The molecule has 0 spiro atoms. The lowest BCUT2D eigenvalue weighted by Crippen LogP contribution is -2.59. The molecule has 45 heavy (non-hydrogen) atoms. The average Bonchev–Trinajstić information content (AvgIpc) is 3.51. The number of benzene rings is 3. The van der Waals surface area contributed by atoms with Gasteiger partial charge < -0.3 is 24.1 Å². The fourth-order valence-electron chi connectivity index (χ4n) is 5.02. The van der Waals surface area contributed by atoms with Crippen molar-refractivity contribution in [1.29, 1.82) is 0 Å². The monoisotopic (exact) mass is 679 g/mol. The Bertz CT molecular complexity index is 1710. The normalized spacial score (nSPS) is 24.8. The Morgan fingerprint density at radius 1 is 1.04 bits per heavy atom. The maximum absolute atomic E-state index is 14.1. The number of carboxylic acids is 1. The van der Waals surface area contributed by atoms with E-state index in [2.05, 4.69) is 10.3 Å². The summed E-state index contributed by atoms with van der Waals surface area (Å²) in [6, 6.07) is 15.0. The van der Waals surface area contributed by atoms with Gasteiger partial charge in [-0.15, -0.1) is 5.10 Å². The van der Waals surface area contributed by atoms with Crippen molar-refractivity contribution >= 4 is 40.9 Å². The predicted molar refractivity (Wildman–Crippen MR) is 157 cm³/mol.